The number of benzene rings is 14. The summed E-state index contributed by atoms with van der Waals surface area (Å²) < 4.78 is 7.57. The topological polar surface area (TPSA) is 43.6 Å². The number of fused-ring (bicyclic) bond motifs is 9. The Hall–Kier alpha value is -11.9. The molecule has 0 saturated carbocycles. The second-order valence-corrected chi connectivity index (χ2v) is 26.4. The van der Waals surface area contributed by atoms with E-state index in [2.05, 4.69) is 332 Å². The van der Waals surface area contributed by atoms with E-state index in [0.717, 1.165) is 89.2 Å². The Labute approximate surface area is 558 Å². The molecule has 0 amide bonds. The van der Waals surface area contributed by atoms with Gasteiger partial charge in [0.25, 0.3) is 0 Å². The molecule has 0 aliphatic rings. The molecule has 0 aliphatic carbocycles. The third-order valence-corrected chi connectivity index (χ3v) is 20.9. The van der Waals surface area contributed by atoms with Crippen LogP contribution in [0.25, 0.3) is 158 Å². The van der Waals surface area contributed by atoms with Crippen LogP contribution in [0.3, 0.4) is 0 Å². The number of hydrogen-bond donors (Lipinski definition) is 0. The highest BCUT2D eigenvalue weighted by atomic mass is 32.1. The summed E-state index contributed by atoms with van der Waals surface area (Å²) >= 11 is 3.71. The largest absolute Gasteiger partial charge is 0.309 e. The Morgan fingerprint density at radius 2 is 0.484 bits per heavy atom. The summed E-state index contributed by atoms with van der Waals surface area (Å²) in [6.45, 7) is 0. The SMILES string of the molecule is c1ccc(-c2ccc(-c3nc(-c4ccc(/C(=C(/c5ccc(-c6ccc7c(c6)sc6ccccc67)cc5)c5ccc(-n6c7ccccc7c7ccccc76)cc5)c5ccc(-c6ccc7c(c6)sc6ccccc67)cc5)cc4)nc(-c4ccc(-c5ccccc5)cc4)n3)cc2)cc1. The van der Waals surface area contributed by atoms with Crippen LogP contribution < -0.4 is 0 Å². The van der Waals surface area contributed by atoms with Crippen molar-refractivity contribution in [3.05, 3.63) is 362 Å². The Kier molecular flexibility index (Phi) is 13.9. The third kappa shape index (κ3) is 10.3. The Bertz CT molecular complexity index is 5790. The van der Waals surface area contributed by atoms with Gasteiger partial charge in [0.1, 0.15) is 0 Å². The Morgan fingerprint density at radius 1 is 0.211 bits per heavy atom. The van der Waals surface area contributed by atoms with E-state index in [1.807, 2.05) is 34.8 Å². The molecule has 4 aromatic heterocycles. The first-order chi connectivity index (χ1) is 47.0. The summed E-state index contributed by atoms with van der Waals surface area (Å²) in [5.74, 6) is 1.80. The summed E-state index contributed by atoms with van der Waals surface area (Å²) in [6.07, 6.45) is 0. The van der Waals surface area contributed by atoms with E-state index in [0.29, 0.717) is 17.5 Å². The maximum atomic E-state index is 5.29. The van der Waals surface area contributed by atoms with Gasteiger partial charge < -0.3 is 4.57 Å². The normalized spacial score (nSPS) is 12.0. The Morgan fingerprint density at radius 3 is 0.884 bits per heavy atom. The van der Waals surface area contributed by atoms with Crippen LogP contribution in [0, 0.1) is 0 Å². The predicted octanol–water partition coefficient (Wildman–Crippen LogP) is 24.4. The van der Waals surface area contributed by atoms with Gasteiger partial charge >= 0.3 is 0 Å². The fourth-order valence-electron chi connectivity index (χ4n) is 13.8. The molecule has 0 aliphatic heterocycles. The van der Waals surface area contributed by atoms with Crippen LogP contribution in [0.5, 0.6) is 0 Å². The summed E-state index contributed by atoms with van der Waals surface area (Å²) in [5.41, 5.74) is 21.9. The zero-order valence-corrected chi connectivity index (χ0v) is 53.1. The molecule has 0 radical (unpaired) electrons. The van der Waals surface area contributed by atoms with Crippen LogP contribution in [0.2, 0.25) is 0 Å². The lowest BCUT2D eigenvalue weighted by Crippen LogP contribution is -2.01. The maximum absolute atomic E-state index is 5.29. The lowest BCUT2D eigenvalue weighted by atomic mass is 9.84. The lowest BCUT2D eigenvalue weighted by Gasteiger charge is -2.20. The molecule has 95 heavy (non-hydrogen) atoms. The minimum atomic E-state index is 0.589. The van der Waals surface area contributed by atoms with Crippen molar-refractivity contribution >= 4 is 96.0 Å². The van der Waals surface area contributed by atoms with Gasteiger partial charge in [-0.15, -0.1) is 22.7 Å². The molecule has 0 bridgehead atoms. The van der Waals surface area contributed by atoms with Crippen molar-refractivity contribution in [3.63, 3.8) is 0 Å². The van der Waals surface area contributed by atoms with Crippen LogP contribution in [-0.4, -0.2) is 19.5 Å². The number of thiophene rings is 2. The molecule has 444 valence electrons. The zero-order valence-electron chi connectivity index (χ0n) is 51.4. The number of nitrogens with zero attached hydrogens (tertiary/aromatic N) is 4. The molecule has 4 nitrogen and oxygen atoms in total. The van der Waals surface area contributed by atoms with Crippen LogP contribution >= 0.6 is 22.7 Å². The highest BCUT2D eigenvalue weighted by Gasteiger charge is 2.21. The molecular formula is C89H56N4S2. The molecule has 0 saturated heterocycles. The standard InChI is InChI=1S/C89H56N4S2/c1-3-15-57(16-4-1)59-31-41-67(42-32-59)87-90-88(68-43-33-60(34-44-68)58-17-5-2-6-18-58)92-89(91-87)69-45-39-65(40-46-69)85(63-35-27-61(28-36-63)70-49-53-77-75-21-9-13-25-81(75)94-83(77)55-70)86(64-37-29-62(30-38-64)71-50-54-78-76-22-10-14-26-82(76)95-84(78)56-71)66-47-51-72(52-48-66)93-79-23-11-7-19-73(79)74-20-8-12-24-80(74)93/h1-56H/b86-85-. The van der Waals surface area contributed by atoms with Crippen molar-refractivity contribution < 1.29 is 0 Å². The van der Waals surface area contributed by atoms with Gasteiger partial charge in [-0.2, -0.15) is 0 Å². The van der Waals surface area contributed by atoms with Crippen molar-refractivity contribution in [1.82, 2.24) is 19.5 Å². The summed E-state index contributed by atoms with van der Waals surface area (Å²) in [7, 11) is 0. The first-order valence-electron chi connectivity index (χ1n) is 32.1. The first kappa shape index (κ1) is 55.9. The molecule has 18 rings (SSSR count). The third-order valence-electron chi connectivity index (χ3n) is 18.6. The van der Waals surface area contributed by atoms with Gasteiger partial charge in [-0.3, -0.25) is 0 Å². The Balaban J connectivity index is 0.805. The smallest absolute Gasteiger partial charge is 0.164 e. The van der Waals surface area contributed by atoms with Gasteiger partial charge in [-0.25, -0.2) is 15.0 Å². The van der Waals surface area contributed by atoms with Gasteiger partial charge in [0.2, 0.25) is 0 Å². The molecule has 0 fully saturated rings. The van der Waals surface area contributed by atoms with Gasteiger partial charge in [0.05, 0.1) is 11.0 Å². The van der Waals surface area contributed by atoms with Crippen molar-refractivity contribution in [3.8, 4) is 84.4 Å². The summed E-state index contributed by atoms with van der Waals surface area (Å²) in [5, 5.41) is 7.66. The van der Waals surface area contributed by atoms with Crippen LogP contribution in [0.4, 0.5) is 0 Å². The monoisotopic (exact) mass is 1240 g/mol. The summed E-state index contributed by atoms with van der Waals surface area (Å²) in [4.78, 5) is 15.8. The van der Waals surface area contributed by atoms with Crippen LogP contribution in [-0.2, 0) is 0 Å². The fourth-order valence-corrected chi connectivity index (χ4v) is 16.1. The van der Waals surface area contributed by atoms with E-state index in [1.165, 1.54) is 73.3 Å². The fraction of sp³-hybridized carbons (Fsp3) is 0. The average Bonchev–Trinajstić information content (AvgIpc) is 1.67. The lowest BCUT2D eigenvalue weighted by molar-refractivity contribution is 1.07. The highest BCUT2D eigenvalue weighted by molar-refractivity contribution is 7.26. The quantitative estimate of drug-likeness (QED) is 0.115. The molecule has 18 aromatic rings. The van der Waals surface area contributed by atoms with Gasteiger partial charge in [-0.05, 0) is 126 Å². The van der Waals surface area contributed by atoms with Gasteiger partial charge in [-0.1, -0.05) is 291 Å². The molecule has 0 spiro atoms. The minimum Gasteiger partial charge on any atom is -0.309 e. The molecule has 0 unspecified atom stereocenters. The van der Waals surface area contributed by atoms with Gasteiger partial charge in [0, 0.05) is 73.5 Å². The van der Waals surface area contributed by atoms with Crippen molar-refractivity contribution in [2.24, 2.45) is 0 Å². The zero-order chi connectivity index (χ0) is 62.8. The van der Waals surface area contributed by atoms with E-state index in [-0.39, 0.29) is 0 Å². The average molecular weight is 1250 g/mol. The van der Waals surface area contributed by atoms with E-state index in [1.54, 1.807) is 0 Å². The maximum Gasteiger partial charge on any atom is 0.164 e. The van der Waals surface area contributed by atoms with E-state index in [9.17, 15) is 0 Å². The number of aromatic nitrogens is 4. The number of para-hydroxylation sites is 2. The molecule has 0 N–H and O–H groups in total. The van der Waals surface area contributed by atoms with Crippen molar-refractivity contribution in [2.45, 2.75) is 0 Å². The second-order valence-electron chi connectivity index (χ2n) is 24.2. The van der Waals surface area contributed by atoms with E-state index < -0.39 is 0 Å². The van der Waals surface area contributed by atoms with Crippen LogP contribution in [0.1, 0.15) is 22.3 Å². The second kappa shape index (κ2) is 23.6. The summed E-state index contributed by atoms with van der Waals surface area (Å²) in [6, 6.07) is 123. The van der Waals surface area contributed by atoms with E-state index >= 15 is 0 Å². The van der Waals surface area contributed by atoms with Gasteiger partial charge in [0.15, 0.2) is 17.5 Å². The number of rotatable bonds is 12. The minimum absolute atomic E-state index is 0.589. The molecule has 4 heterocycles. The first-order valence-corrected chi connectivity index (χ1v) is 33.7. The predicted molar refractivity (Wildman–Crippen MR) is 402 cm³/mol. The number of hydrogen-bond acceptors (Lipinski definition) is 5. The molecule has 0 atom stereocenters. The van der Waals surface area contributed by atoms with Crippen molar-refractivity contribution in [2.75, 3.05) is 0 Å². The van der Waals surface area contributed by atoms with E-state index in [4.69, 9.17) is 15.0 Å². The highest BCUT2D eigenvalue weighted by Crippen LogP contribution is 2.43. The van der Waals surface area contributed by atoms with Crippen LogP contribution in [0.15, 0.2) is 340 Å². The van der Waals surface area contributed by atoms with Crippen molar-refractivity contribution in [1.29, 1.82) is 0 Å². The molecular weight excluding hydrogens is 1190 g/mol. The molecule has 14 aromatic carbocycles. The molecule has 6 heteroatoms.